The number of hydrogen-bond acceptors (Lipinski definition) is 2. The summed E-state index contributed by atoms with van der Waals surface area (Å²) in [5, 5.41) is 0. The minimum absolute atomic E-state index is 0.569. The summed E-state index contributed by atoms with van der Waals surface area (Å²) in [6.45, 7) is 10.3. The third-order valence-corrected chi connectivity index (χ3v) is 2.35. The number of hydrogen-bond donors (Lipinski definition) is 1. The van der Waals surface area contributed by atoms with Crippen LogP contribution in [0.3, 0.4) is 0 Å². The van der Waals surface area contributed by atoms with Crippen molar-refractivity contribution in [3.8, 4) is 0 Å². The molecule has 1 atom stereocenters. The van der Waals surface area contributed by atoms with E-state index in [4.69, 9.17) is 5.73 Å². The zero-order chi connectivity index (χ0) is 10.4. The first kappa shape index (κ1) is 12.2. The maximum atomic E-state index is 5.63. The zero-order valence-electron chi connectivity index (χ0n) is 9.52. The van der Waals surface area contributed by atoms with Crippen molar-refractivity contribution in [2.45, 2.75) is 47.5 Å². The molecule has 0 aliphatic heterocycles. The van der Waals surface area contributed by atoms with Crippen LogP contribution in [0, 0.1) is 5.92 Å². The molecule has 0 fully saturated rings. The van der Waals surface area contributed by atoms with Gasteiger partial charge in [-0.25, -0.2) is 0 Å². The molecule has 0 heterocycles. The highest BCUT2D eigenvalue weighted by atomic mass is 14.8. The van der Waals surface area contributed by atoms with Crippen molar-refractivity contribution in [2.24, 2.45) is 16.6 Å². The molecule has 0 rings (SSSR count). The summed E-state index contributed by atoms with van der Waals surface area (Å²) < 4.78 is 0. The Kier molecular flexibility index (Phi) is 5.44. The molecule has 13 heavy (non-hydrogen) atoms. The number of allylic oxidation sites excluding steroid dienone is 2. The van der Waals surface area contributed by atoms with E-state index < -0.39 is 0 Å². The fourth-order valence-electron chi connectivity index (χ4n) is 1.10. The average Bonchev–Trinajstić information content (AvgIpc) is 2.04. The molecule has 2 heteroatoms. The number of nitrogens with two attached hydrogens (primary N) is 1. The van der Waals surface area contributed by atoms with E-state index in [1.807, 2.05) is 13.8 Å². The van der Waals surface area contributed by atoms with Crippen molar-refractivity contribution in [2.75, 3.05) is 0 Å². The van der Waals surface area contributed by atoms with Crippen LogP contribution in [0.25, 0.3) is 0 Å². The van der Waals surface area contributed by atoms with Crippen LogP contribution in [0.2, 0.25) is 0 Å². The van der Waals surface area contributed by atoms with E-state index in [1.54, 1.807) is 0 Å². The predicted octanol–water partition coefficient (Wildman–Crippen LogP) is 3.09. The Morgan fingerprint density at radius 1 is 1.31 bits per heavy atom. The van der Waals surface area contributed by atoms with Crippen LogP contribution in [0.4, 0.5) is 0 Å². The summed E-state index contributed by atoms with van der Waals surface area (Å²) in [6, 6.07) is 0. The number of rotatable bonds is 4. The quantitative estimate of drug-likeness (QED) is 0.667. The molecular formula is C11H22N2. The molecule has 1 unspecified atom stereocenters. The van der Waals surface area contributed by atoms with Gasteiger partial charge in [0.1, 0.15) is 0 Å². The summed E-state index contributed by atoms with van der Waals surface area (Å²) in [7, 11) is 0. The highest BCUT2D eigenvalue weighted by Crippen LogP contribution is 2.10. The minimum Gasteiger partial charge on any atom is -0.401 e. The van der Waals surface area contributed by atoms with E-state index in [-0.39, 0.29) is 0 Å². The third-order valence-electron chi connectivity index (χ3n) is 2.35. The fourth-order valence-corrected chi connectivity index (χ4v) is 1.10. The molecule has 76 valence electrons. The second-order valence-corrected chi connectivity index (χ2v) is 3.71. The van der Waals surface area contributed by atoms with Crippen LogP contribution in [0.5, 0.6) is 0 Å². The van der Waals surface area contributed by atoms with Gasteiger partial charge in [0.25, 0.3) is 0 Å². The van der Waals surface area contributed by atoms with Crippen molar-refractivity contribution < 1.29 is 0 Å². The minimum atomic E-state index is 0.569. The summed E-state index contributed by atoms with van der Waals surface area (Å²) >= 11 is 0. The van der Waals surface area contributed by atoms with Crippen molar-refractivity contribution in [3.05, 3.63) is 11.4 Å². The van der Waals surface area contributed by atoms with Gasteiger partial charge in [-0.3, -0.25) is 4.99 Å². The van der Waals surface area contributed by atoms with Crippen molar-refractivity contribution in [1.29, 1.82) is 0 Å². The third kappa shape index (κ3) is 4.71. The Balaban J connectivity index is 4.40. The molecule has 0 aromatic rings. The van der Waals surface area contributed by atoms with E-state index >= 15 is 0 Å². The summed E-state index contributed by atoms with van der Waals surface area (Å²) in [4.78, 5) is 4.47. The Morgan fingerprint density at radius 2 is 1.85 bits per heavy atom. The molecule has 0 saturated carbocycles. The Bertz CT molecular complexity index is 210. The lowest BCUT2D eigenvalue weighted by atomic mass is 10.0. The van der Waals surface area contributed by atoms with Crippen molar-refractivity contribution in [3.63, 3.8) is 0 Å². The van der Waals surface area contributed by atoms with Gasteiger partial charge >= 0.3 is 0 Å². The fraction of sp³-hybridized carbons (Fsp3) is 0.727. The van der Waals surface area contributed by atoms with Gasteiger partial charge in [-0.05, 0) is 33.1 Å². The maximum absolute atomic E-state index is 5.63. The first-order valence-corrected chi connectivity index (χ1v) is 4.97. The lowest BCUT2D eigenvalue weighted by molar-refractivity contribution is 0.663. The maximum Gasteiger partial charge on any atom is 0.0555 e. The molecule has 2 N–H and O–H groups in total. The molecular weight excluding hydrogens is 160 g/mol. The van der Waals surface area contributed by atoms with E-state index in [1.165, 1.54) is 18.6 Å². The molecule has 0 aliphatic carbocycles. The van der Waals surface area contributed by atoms with Gasteiger partial charge < -0.3 is 5.73 Å². The first-order valence-electron chi connectivity index (χ1n) is 4.97. The summed E-state index contributed by atoms with van der Waals surface area (Å²) in [6.07, 6.45) is 2.41. The van der Waals surface area contributed by atoms with Gasteiger partial charge in [0.05, 0.1) is 5.70 Å². The Labute approximate surface area is 81.9 Å². The second kappa shape index (κ2) is 5.79. The average molecular weight is 182 g/mol. The van der Waals surface area contributed by atoms with Crippen LogP contribution in [0.1, 0.15) is 47.5 Å². The van der Waals surface area contributed by atoms with E-state index in [0.29, 0.717) is 5.92 Å². The SMILES string of the molecule is CCCC(C)C(C)=N/C(C)=C(/C)N. The molecule has 0 aromatic heterocycles. The smallest absolute Gasteiger partial charge is 0.0555 e. The largest absolute Gasteiger partial charge is 0.401 e. The standard InChI is InChI=1S/C11H22N2/c1-6-7-8(2)10(4)13-11(5)9(3)12/h8H,6-7,12H2,1-5H3/b11-9-,13-10?. The van der Waals surface area contributed by atoms with E-state index in [9.17, 15) is 0 Å². The van der Waals surface area contributed by atoms with Gasteiger partial charge in [-0.2, -0.15) is 0 Å². The van der Waals surface area contributed by atoms with Gasteiger partial charge in [0.2, 0.25) is 0 Å². The lowest BCUT2D eigenvalue weighted by Crippen LogP contribution is -2.07. The molecule has 0 radical (unpaired) electrons. The highest BCUT2D eigenvalue weighted by Gasteiger charge is 2.04. The van der Waals surface area contributed by atoms with Gasteiger partial charge in [-0.15, -0.1) is 0 Å². The topological polar surface area (TPSA) is 38.4 Å². The zero-order valence-corrected chi connectivity index (χ0v) is 9.52. The monoisotopic (exact) mass is 182 g/mol. The molecule has 0 aliphatic rings. The normalized spacial score (nSPS) is 16.8. The van der Waals surface area contributed by atoms with Gasteiger partial charge in [0.15, 0.2) is 0 Å². The molecule has 0 amide bonds. The Morgan fingerprint density at radius 3 is 2.23 bits per heavy atom. The van der Waals surface area contributed by atoms with Gasteiger partial charge in [-0.1, -0.05) is 20.3 Å². The molecule has 2 nitrogen and oxygen atoms in total. The van der Waals surface area contributed by atoms with Crippen LogP contribution < -0.4 is 5.73 Å². The predicted molar refractivity (Wildman–Crippen MR) is 59.7 cm³/mol. The molecule has 0 spiro atoms. The van der Waals surface area contributed by atoms with Crippen LogP contribution in [0.15, 0.2) is 16.4 Å². The molecule has 0 saturated heterocycles. The van der Waals surface area contributed by atoms with E-state index in [2.05, 4.69) is 25.8 Å². The van der Waals surface area contributed by atoms with Crippen molar-refractivity contribution >= 4 is 5.71 Å². The van der Waals surface area contributed by atoms with Crippen LogP contribution in [-0.2, 0) is 0 Å². The van der Waals surface area contributed by atoms with Gasteiger partial charge in [0, 0.05) is 11.4 Å². The summed E-state index contributed by atoms with van der Waals surface area (Å²) in [5.41, 5.74) is 8.57. The Hall–Kier alpha value is -0.790. The van der Waals surface area contributed by atoms with Crippen molar-refractivity contribution in [1.82, 2.24) is 0 Å². The molecule has 0 bridgehead atoms. The van der Waals surface area contributed by atoms with Crippen LogP contribution in [-0.4, -0.2) is 5.71 Å². The second-order valence-electron chi connectivity index (χ2n) is 3.71. The van der Waals surface area contributed by atoms with E-state index in [0.717, 1.165) is 11.4 Å². The number of aliphatic imine (C=N–C) groups is 1. The first-order chi connectivity index (χ1) is 5.99. The summed E-state index contributed by atoms with van der Waals surface area (Å²) in [5.74, 6) is 0.569. The van der Waals surface area contributed by atoms with Crippen LogP contribution >= 0.6 is 0 Å². The lowest BCUT2D eigenvalue weighted by Gasteiger charge is -2.09. The highest BCUT2D eigenvalue weighted by molar-refractivity contribution is 5.84. The molecule has 0 aromatic carbocycles. The number of nitrogens with zero attached hydrogens (tertiary/aromatic N) is 1.